The van der Waals surface area contributed by atoms with Crippen LogP contribution in [0.5, 0.6) is 5.75 Å². The van der Waals surface area contributed by atoms with Crippen LogP contribution in [0.25, 0.3) is 0 Å². The first-order valence-electron chi connectivity index (χ1n) is 5.36. The number of phenols is 1. The number of carbonyl (C=O) groups excluding carboxylic acids is 1. The fraction of sp³-hybridized carbons (Fsp3) is 0.364. The number of carbonyl (C=O) groups is 1. The molecule has 0 heterocycles. The average Bonchev–Trinajstić information content (AvgIpc) is 2.30. The Kier molecular flexibility index (Phi) is 4.22. The zero-order valence-electron chi connectivity index (χ0n) is 10.1. The maximum absolute atomic E-state index is 11.6. The van der Waals surface area contributed by atoms with Crippen LogP contribution >= 0.6 is 0 Å². The summed E-state index contributed by atoms with van der Waals surface area (Å²) in [5.74, 6) is -0.868. The van der Waals surface area contributed by atoms with Crippen molar-refractivity contribution < 1.29 is 14.8 Å². The van der Waals surface area contributed by atoms with Crippen molar-refractivity contribution >= 4 is 17.3 Å². The molecule has 0 spiro atoms. The predicted molar refractivity (Wildman–Crippen MR) is 66.2 cm³/mol. The van der Waals surface area contributed by atoms with Crippen LogP contribution < -0.4 is 11.1 Å². The Bertz CT molecular complexity index is 473. The zero-order chi connectivity index (χ0) is 13.9. The molecule has 0 aromatic heterocycles. The molecule has 0 aliphatic rings. The van der Waals surface area contributed by atoms with Gasteiger partial charge in [-0.1, -0.05) is 13.8 Å². The lowest BCUT2D eigenvalue weighted by Gasteiger charge is -2.15. The number of nitrogens with one attached hydrogen (secondary N) is 1. The van der Waals surface area contributed by atoms with E-state index in [4.69, 9.17) is 5.73 Å². The third-order valence-electron chi connectivity index (χ3n) is 2.47. The average molecular weight is 253 g/mol. The molecule has 1 amide bonds. The number of hydrogen-bond donors (Lipinski definition) is 3. The number of rotatable bonds is 4. The van der Waals surface area contributed by atoms with E-state index in [1.807, 2.05) is 0 Å². The van der Waals surface area contributed by atoms with Crippen molar-refractivity contribution in [1.82, 2.24) is 0 Å². The quantitative estimate of drug-likeness (QED) is 0.423. The molecule has 1 aromatic carbocycles. The van der Waals surface area contributed by atoms with E-state index in [0.717, 1.165) is 6.07 Å². The van der Waals surface area contributed by atoms with Gasteiger partial charge in [0.05, 0.1) is 22.7 Å². The highest BCUT2D eigenvalue weighted by molar-refractivity contribution is 5.96. The van der Waals surface area contributed by atoms with Crippen molar-refractivity contribution in [2.75, 3.05) is 5.32 Å². The summed E-state index contributed by atoms with van der Waals surface area (Å²) in [6, 6.07) is 2.71. The van der Waals surface area contributed by atoms with Crippen LogP contribution in [0.2, 0.25) is 0 Å². The van der Waals surface area contributed by atoms with Crippen molar-refractivity contribution in [3.8, 4) is 5.75 Å². The molecule has 7 nitrogen and oxygen atoms in total. The van der Waals surface area contributed by atoms with E-state index < -0.39 is 16.9 Å². The predicted octanol–water partition coefficient (Wildman–Crippen LogP) is 1.22. The van der Waals surface area contributed by atoms with Gasteiger partial charge in [0, 0.05) is 6.07 Å². The molecule has 0 unspecified atom stereocenters. The molecule has 98 valence electrons. The van der Waals surface area contributed by atoms with Crippen LogP contribution in [-0.2, 0) is 4.79 Å². The lowest BCUT2D eigenvalue weighted by Crippen LogP contribution is -2.39. The highest BCUT2D eigenvalue weighted by atomic mass is 16.6. The number of nitro groups is 1. The lowest BCUT2D eigenvalue weighted by atomic mass is 10.0. The minimum Gasteiger partial charge on any atom is -0.506 e. The highest BCUT2D eigenvalue weighted by Crippen LogP contribution is 2.27. The van der Waals surface area contributed by atoms with Crippen LogP contribution in [0.4, 0.5) is 11.4 Å². The van der Waals surface area contributed by atoms with Crippen molar-refractivity contribution in [3.05, 3.63) is 28.3 Å². The standard InChI is InChI=1S/C11H15N3O4/c1-6(2)10(12)11(16)13-8-4-3-7(14(17)18)5-9(8)15/h3-6,10,15H,12H2,1-2H3,(H,13,16)/t10-/m1/s1. The van der Waals surface area contributed by atoms with Gasteiger partial charge in [-0.2, -0.15) is 0 Å². The van der Waals surface area contributed by atoms with Gasteiger partial charge in [-0.15, -0.1) is 0 Å². The van der Waals surface area contributed by atoms with E-state index in [1.54, 1.807) is 13.8 Å². The van der Waals surface area contributed by atoms with Crippen molar-refractivity contribution in [2.24, 2.45) is 11.7 Å². The SMILES string of the molecule is CC(C)[C@@H](N)C(=O)Nc1ccc([N+](=O)[O-])cc1O. The Morgan fingerprint density at radius 1 is 1.50 bits per heavy atom. The van der Waals surface area contributed by atoms with Crippen LogP contribution in [0.15, 0.2) is 18.2 Å². The molecule has 0 radical (unpaired) electrons. The monoisotopic (exact) mass is 253 g/mol. The number of nitrogens with zero attached hydrogens (tertiary/aromatic N) is 1. The Balaban J connectivity index is 2.86. The van der Waals surface area contributed by atoms with Crippen LogP contribution in [0.3, 0.4) is 0 Å². The normalized spacial score (nSPS) is 12.2. The topological polar surface area (TPSA) is 118 Å². The molecular weight excluding hydrogens is 238 g/mol. The van der Waals surface area contributed by atoms with Crippen molar-refractivity contribution in [2.45, 2.75) is 19.9 Å². The second-order valence-electron chi connectivity index (χ2n) is 4.22. The molecule has 1 rings (SSSR count). The summed E-state index contributed by atoms with van der Waals surface area (Å²) in [6.07, 6.45) is 0. The number of non-ortho nitro benzene ring substituents is 1. The summed E-state index contributed by atoms with van der Waals surface area (Å²) in [5, 5.41) is 22.4. The molecule has 0 aliphatic carbocycles. The molecule has 0 saturated heterocycles. The van der Waals surface area contributed by atoms with E-state index in [9.17, 15) is 20.0 Å². The van der Waals surface area contributed by atoms with E-state index >= 15 is 0 Å². The van der Waals surface area contributed by atoms with Gasteiger partial charge in [-0.05, 0) is 12.0 Å². The number of nitro benzene ring substituents is 1. The Hall–Kier alpha value is -2.15. The second-order valence-corrected chi connectivity index (χ2v) is 4.22. The Morgan fingerprint density at radius 3 is 2.56 bits per heavy atom. The third-order valence-corrected chi connectivity index (χ3v) is 2.47. The molecule has 1 atom stereocenters. The lowest BCUT2D eigenvalue weighted by molar-refractivity contribution is -0.384. The third kappa shape index (κ3) is 3.17. The number of anilines is 1. The minimum absolute atomic E-state index is 0.0507. The molecule has 4 N–H and O–H groups in total. The second kappa shape index (κ2) is 5.46. The molecule has 1 aromatic rings. The maximum atomic E-state index is 11.6. The number of hydrogen-bond acceptors (Lipinski definition) is 5. The Labute approximate surface area is 104 Å². The van der Waals surface area contributed by atoms with Gasteiger partial charge in [-0.3, -0.25) is 14.9 Å². The summed E-state index contributed by atoms with van der Waals surface area (Å²) < 4.78 is 0. The number of nitrogens with two attached hydrogens (primary N) is 1. The minimum atomic E-state index is -0.709. The summed E-state index contributed by atoms with van der Waals surface area (Å²) in [7, 11) is 0. The fourth-order valence-electron chi connectivity index (χ4n) is 1.26. The summed E-state index contributed by atoms with van der Waals surface area (Å²) in [6.45, 7) is 3.58. The van der Waals surface area contributed by atoms with Gasteiger partial charge in [0.25, 0.3) is 5.69 Å². The maximum Gasteiger partial charge on any atom is 0.273 e. The van der Waals surface area contributed by atoms with E-state index in [2.05, 4.69) is 5.32 Å². The van der Waals surface area contributed by atoms with Gasteiger partial charge in [0.2, 0.25) is 5.91 Å². The zero-order valence-corrected chi connectivity index (χ0v) is 10.1. The van der Waals surface area contributed by atoms with Gasteiger partial charge >= 0.3 is 0 Å². The number of amides is 1. The molecule has 7 heteroatoms. The number of aromatic hydroxyl groups is 1. The summed E-state index contributed by atoms with van der Waals surface area (Å²) in [5.41, 5.74) is 5.48. The van der Waals surface area contributed by atoms with E-state index in [1.165, 1.54) is 12.1 Å². The van der Waals surface area contributed by atoms with Crippen LogP contribution in [0.1, 0.15) is 13.8 Å². The Morgan fingerprint density at radius 2 is 2.11 bits per heavy atom. The molecule has 0 saturated carbocycles. The van der Waals surface area contributed by atoms with Crippen molar-refractivity contribution in [1.29, 1.82) is 0 Å². The van der Waals surface area contributed by atoms with Gasteiger partial charge < -0.3 is 16.2 Å². The first-order chi connectivity index (χ1) is 8.32. The van der Waals surface area contributed by atoms with Gasteiger partial charge in [0.1, 0.15) is 5.75 Å². The van der Waals surface area contributed by atoms with Crippen LogP contribution in [0, 0.1) is 16.0 Å². The molecule has 0 aliphatic heterocycles. The smallest absolute Gasteiger partial charge is 0.273 e. The molecule has 18 heavy (non-hydrogen) atoms. The summed E-state index contributed by atoms with van der Waals surface area (Å²) >= 11 is 0. The van der Waals surface area contributed by atoms with Gasteiger partial charge in [-0.25, -0.2) is 0 Å². The fourth-order valence-corrected chi connectivity index (χ4v) is 1.26. The van der Waals surface area contributed by atoms with E-state index in [0.29, 0.717) is 0 Å². The largest absolute Gasteiger partial charge is 0.506 e. The van der Waals surface area contributed by atoms with Crippen molar-refractivity contribution in [3.63, 3.8) is 0 Å². The first kappa shape index (κ1) is 13.9. The molecule has 0 bridgehead atoms. The number of phenolic OH excluding ortho intramolecular Hbond substituents is 1. The van der Waals surface area contributed by atoms with Gasteiger partial charge in [0.15, 0.2) is 0 Å². The number of benzene rings is 1. The van der Waals surface area contributed by atoms with E-state index in [-0.39, 0.29) is 23.0 Å². The molecular formula is C11H15N3O4. The van der Waals surface area contributed by atoms with Crippen LogP contribution in [-0.4, -0.2) is 22.0 Å². The molecule has 0 fully saturated rings. The highest BCUT2D eigenvalue weighted by Gasteiger charge is 2.19. The summed E-state index contributed by atoms with van der Waals surface area (Å²) in [4.78, 5) is 21.5. The first-order valence-corrected chi connectivity index (χ1v) is 5.36.